The lowest BCUT2D eigenvalue weighted by molar-refractivity contribution is 0.0713. The highest BCUT2D eigenvalue weighted by molar-refractivity contribution is 7.80. The molecular weight excluding hydrogens is 236 g/mol. The minimum Gasteiger partial charge on any atom is -0.329 e. The van der Waals surface area contributed by atoms with E-state index in [4.69, 9.17) is 12.6 Å². The van der Waals surface area contributed by atoms with Crippen LogP contribution in [0, 0.1) is 5.41 Å². The first-order valence-corrected chi connectivity index (χ1v) is 6.19. The van der Waals surface area contributed by atoms with Crippen molar-refractivity contribution in [2.24, 2.45) is 10.4 Å². The van der Waals surface area contributed by atoms with Crippen molar-refractivity contribution in [1.82, 2.24) is 14.9 Å². The zero-order valence-electron chi connectivity index (χ0n) is 11.4. The molecule has 0 saturated heterocycles. The predicted molar refractivity (Wildman–Crippen MR) is 71.6 cm³/mol. The first-order valence-electron chi connectivity index (χ1n) is 5.72. The Bertz CT molecular complexity index is 335. The van der Waals surface area contributed by atoms with Crippen LogP contribution in [0.4, 0.5) is 4.79 Å². The van der Waals surface area contributed by atoms with E-state index in [0.29, 0.717) is 6.54 Å². The molecule has 0 N–H and O–H groups in total. The summed E-state index contributed by atoms with van der Waals surface area (Å²) in [4.78, 5) is 18.0. The standard InChI is InChI=1S/C11H21N4OS/c1-7-14-8(11(2,3)4)12-9(17)15(14)10(16)13(5)6/h9H,7H2,1-6H3. The summed E-state index contributed by atoms with van der Waals surface area (Å²) in [5, 5.41) is 3.41. The molecule has 0 aromatic heterocycles. The van der Waals surface area contributed by atoms with E-state index in [-0.39, 0.29) is 11.4 Å². The van der Waals surface area contributed by atoms with E-state index in [0.717, 1.165) is 5.84 Å². The summed E-state index contributed by atoms with van der Waals surface area (Å²) in [6.07, 6.45) is 0. The maximum absolute atomic E-state index is 12.1. The van der Waals surface area contributed by atoms with E-state index in [1.807, 2.05) is 11.9 Å². The Hall–Kier alpha value is -0.910. The van der Waals surface area contributed by atoms with Gasteiger partial charge in [0.05, 0.1) is 0 Å². The first-order chi connectivity index (χ1) is 7.70. The van der Waals surface area contributed by atoms with Crippen molar-refractivity contribution < 1.29 is 4.79 Å². The van der Waals surface area contributed by atoms with E-state index in [1.54, 1.807) is 14.1 Å². The molecule has 1 rings (SSSR count). The van der Waals surface area contributed by atoms with Gasteiger partial charge in [0.25, 0.3) is 0 Å². The van der Waals surface area contributed by atoms with Crippen LogP contribution in [0.15, 0.2) is 4.99 Å². The second-order valence-electron chi connectivity index (χ2n) is 5.27. The van der Waals surface area contributed by atoms with Gasteiger partial charge in [0.1, 0.15) is 5.84 Å². The average Bonchev–Trinajstić information content (AvgIpc) is 2.53. The van der Waals surface area contributed by atoms with E-state index in [2.05, 4.69) is 25.8 Å². The Balaban J connectivity index is 3.03. The minimum atomic E-state index is -0.543. The smallest absolute Gasteiger partial charge is 0.329 e. The van der Waals surface area contributed by atoms with Crippen LogP contribution in [0.5, 0.6) is 0 Å². The van der Waals surface area contributed by atoms with Crippen LogP contribution in [0.1, 0.15) is 27.7 Å². The minimum absolute atomic E-state index is 0.117. The van der Waals surface area contributed by atoms with Crippen molar-refractivity contribution in [1.29, 1.82) is 0 Å². The normalized spacial score (nSPS) is 20.6. The monoisotopic (exact) mass is 257 g/mol. The van der Waals surface area contributed by atoms with Crippen LogP contribution in [-0.2, 0) is 0 Å². The molecule has 0 aromatic rings. The van der Waals surface area contributed by atoms with Gasteiger partial charge in [-0.05, 0) is 19.6 Å². The summed E-state index contributed by atoms with van der Waals surface area (Å²) in [7, 11) is 3.43. The number of carbonyl (C=O) groups is 1. The Morgan fingerprint density at radius 3 is 2.35 bits per heavy atom. The summed E-state index contributed by atoms with van der Waals surface area (Å²) >= 11 is 5.26. The van der Waals surface area contributed by atoms with Gasteiger partial charge in [-0.1, -0.05) is 20.8 Å². The number of amides is 2. The average molecular weight is 257 g/mol. The SMILES string of the molecule is CCN1C(C(C)(C)C)=NC([S])N1C(=O)N(C)C. The fraction of sp³-hybridized carbons (Fsp3) is 0.818. The highest BCUT2D eigenvalue weighted by atomic mass is 32.1. The maximum atomic E-state index is 12.1. The Morgan fingerprint density at radius 2 is 2.00 bits per heavy atom. The van der Waals surface area contributed by atoms with E-state index >= 15 is 0 Å². The van der Waals surface area contributed by atoms with Gasteiger partial charge in [0.2, 0.25) is 5.50 Å². The summed E-state index contributed by atoms with van der Waals surface area (Å²) < 4.78 is 0. The zero-order valence-corrected chi connectivity index (χ0v) is 12.2. The second-order valence-corrected chi connectivity index (χ2v) is 5.69. The molecule has 0 spiro atoms. The quantitative estimate of drug-likeness (QED) is 0.722. The van der Waals surface area contributed by atoms with Crippen LogP contribution < -0.4 is 0 Å². The maximum Gasteiger partial charge on any atom is 0.341 e. The number of hydrazine groups is 1. The fourth-order valence-electron chi connectivity index (χ4n) is 1.73. The van der Waals surface area contributed by atoms with Gasteiger partial charge in [-0.2, -0.15) is 5.01 Å². The molecule has 1 radical (unpaired) electrons. The van der Waals surface area contributed by atoms with Crippen LogP contribution in [-0.4, -0.2) is 52.9 Å². The molecule has 1 heterocycles. The lowest BCUT2D eigenvalue weighted by Crippen LogP contribution is -2.52. The summed E-state index contributed by atoms with van der Waals surface area (Å²) in [6, 6.07) is -0.130. The van der Waals surface area contributed by atoms with Crippen LogP contribution in [0.25, 0.3) is 0 Å². The summed E-state index contributed by atoms with van der Waals surface area (Å²) in [5.41, 5.74) is -0.659. The highest BCUT2D eigenvalue weighted by Crippen LogP contribution is 2.29. The molecule has 1 aliphatic heterocycles. The van der Waals surface area contributed by atoms with E-state index < -0.39 is 5.50 Å². The van der Waals surface area contributed by atoms with E-state index in [9.17, 15) is 4.79 Å². The second kappa shape index (κ2) is 4.76. The molecule has 1 atom stereocenters. The number of nitrogens with zero attached hydrogens (tertiary/aromatic N) is 4. The van der Waals surface area contributed by atoms with Gasteiger partial charge in [0, 0.05) is 26.1 Å². The number of aliphatic imine (C=N–C) groups is 1. The molecule has 5 nitrogen and oxygen atoms in total. The molecule has 0 aliphatic carbocycles. The number of urea groups is 1. The zero-order chi connectivity index (χ0) is 13.4. The number of hydrogen-bond donors (Lipinski definition) is 0. The summed E-state index contributed by atoms with van der Waals surface area (Å²) in [5.74, 6) is 0.871. The Morgan fingerprint density at radius 1 is 1.47 bits per heavy atom. The van der Waals surface area contributed by atoms with Gasteiger partial charge < -0.3 is 4.90 Å². The van der Waals surface area contributed by atoms with Gasteiger partial charge >= 0.3 is 6.03 Å². The van der Waals surface area contributed by atoms with Gasteiger partial charge in [-0.15, -0.1) is 0 Å². The van der Waals surface area contributed by atoms with Crippen molar-refractivity contribution in [2.75, 3.05) is 20.6 Å². The number of rotatable bonds is 1. The van der Waals surface area contributed by atoms with Gasteiger partial charge in [0.15, 0.2) is 0 Å². The molecule has 1 unspecified atom stereocenters. The molecule has 2 amide bonds. The molecule has 97 valence electrons. The Labute approximate surface area is 109 Å². The van der Waals surface area contributed by atoms with Crippen molar-refractivity contribution in [2.45, 2.75) is 33.2 Å². The van der Waals surface area contributed by atoms with Gasteiger partial charge in [-0.3, -0.25) is 5.01 Å². The third-order valence-corrected chi connectivity index (χ3v) is 2.80. The van der Waals surface area contributed by atoms with Crippen molar-refractivity contribution in [3.8, 4) is 0 Å². The number of amidine groups is 1. The molecule has 1 aliphatic rings. The molecule has 6 heteroatoms. The topological polar surface area (TPSA) is 39.1 Å². The van der Waals surface area contributed by atoms with Crippen molar-refractivity contribution in [3.63, 3.8) is 0 Å². The molecule has 0 bridgehead atoms. The lowest BCUT2D eigenvalue weighted by Gasteiger charge is -2.35. The van der Waals surface area contributed by atoms with Crippen LogP contribution >= 0.6 is 12.6 Å². The first kappa shape index (κ1) is 14.2. The van der Waals surface area contributed by atoms with Crippen molar-refractivity contribution in [3.05, 3.63) is 0 Å². The molecule has 0 saturated carbocycles. The third-order valence-electron chi connectivity index (χ3n) is 2.50. The highest BCUT2D eigenvalue weighted by Gasteiger charge is 2.40. The van der Waals surface area contributed by atoms with Crippen LogP contribution in [0.2, 0.25) is 0 Å². The summed E-state index contributed by atoms with van der Waals surface area (Å²) in [6.45, 7) is 8.88. The third kappa shape index (κ3) is 2.68. The molecule has 0 fully saturated rings. The lowest BCUT2D eigenvalue weighted by atomic mass is 9.94. The molecular formula is C11H21N4OS. The van der Waals surface area contributed by atoms with Crippen molar-refractivity contribution >= 4 is 24.5 Å². The van der Waals surface area contributed by atoms with Gasteiger partial charge in [-0.25, -0.2) is 9.79 Å². The molecule has 0 aromatic carbocycles. The van der Waals surface area contributed by atoms with E-state index in [1.165, 1.54) is 9.91 Å². The number of carbonyl (C=O) groups excluding carboxylic acids is 1. The fourth-order valence-corrected chi connectivity index (χ4v) is 2.04. The predicted octanol–water partition coefficient (Wildman–Crippen LogP) is 2.15. The molecule has 17 heavy (non-hydrogen) atoms. The largest absolute Gasteiger partial charge is 0.341 e. The Kier molecular flexibility index (Phi) is 3.96. The number of hydrogen-bond acceptors (Lipinski definition) is 3. The van der Waals surface area contributed by atoms with Crippen LogP contribution in [0.3, 0.4) is 0 Å².